The molecule has 0 bridgehead atoms. The fraction of sp³-hybridized carbons (Fsp3) is 0.643. The highest BCUT2D eigenvalue weighted by Gasteiger charge is 2.23. The highest BCUT2D eigenvalue weighted by molar-refractivity contribution is 4.93. The average molecular weight is 249 g/mol. The first-order valence-electron chi connectivity index (χ1n) is 6.86. The Balaban J connectivity index is 1.85. The van der Waals surface area contributed by atoms with E-state index in [1.54, 1.807) is 16.7 Å². The summed E-state index contributed by atoms with van der Waals surface area (Å²) in [5, 5.41) is 2.34. The van der Waals surface area contributed by atoms with Crippen molar-refractivity contribution >= 4 is 0 Å². The van der Waals surface area contributed by atoms with Gasteiger partial charge in [0.1, 0.15) is 0 Å². The zero-order valence-electron chi connectivity index (χ0n) is 11.3. The Hall–Kier alpha value is -1.13. The molecule has 0 spiro atoms. The van der Waals surface area contributed by atoms with Crippen molar-refractivity contribution in [2.45, 2.75) is 51.7 Å². The smallest absolute Gasteiger partial charge is 0.250 e. The van der Waals surface area contributed by atoms with E-state index in [2.05, 4.69) is 24.3 Å². The lowest BCUT2D eigenvalue weighted by Crippen LogP contribution is -2.52. The minimum atomic E-state index is 0.0686. The topological polar surface area (TPSA) is 37.3 Å². The van der Waals surface area contributed by atoms with E-state index in [0.29, 0.717) is 12.1 Å². The van der Waals surface area contributed by atoms with Gasteiger partial charge in [0.05, 0.1) is 0 Å². The van der Waals surface area contributed by atoms with Gasteiger partial charge >= 0.3 is 0 Å². The van der Waals surface area contributed by atoms with Crippen LogP contribution in [-0.4, -0.2) is 28.2 Å². The van der Waals surface area contributed by atoms with Crippen molar-refractivity contribution in [2.24, 2.45) is 0 Å². The first kappa shape index (κ1) is 13.3. The van der Waals surface area contributed by atoms with Crippen LogP contribution in [0.2, 0.25) is 0 Å². The summed E-state index contributed by atoms with van der Waals surface area (Å²) in [5.41, 5.74) is 3.54. The highest BCUT2D eigenvalue weighted by Crippen LogP contribution is 2.19. The molecule has 1 aliphatic rings. The molecular formula is C14H23N3O. The van der Waals surface area contributed by atoms with Crippen molar-refractivity contribution in [2.75, 3.05) is 6.54 Å². The third kappa shape index (κ3) is 3.21. The molecule has 0 radical (unpaired) electrons. The number of nitrogens with zero attached hydrogens (tertiary/aromatic N) is 2. The van der Waals surface area contributed by atoms with Crippen molar-refractivity contribution in [1.29, 1.82) is 0 Å². The zero-order chi connectivity index (χ0) is 13.0. The van der Waals surface area contributed by atoms with E-state index in [1.165, 1.54) is 19.3 Å². The number of aromatic nitrogens is 1. The minimum absolute atomic E-state index is 0.0686. The number of piperidine rings is 1. The molecule has 0 amide bonds. The van der Waals surface area contributed by atoms with Crippen LogP contribution in [0.5, 0.6) is 0 Å². The summed E-state index contributed by atoms with van der Waals surface area (Å²) in [5.74, 6) is 0. The van der Waals surface area contributed by atoms with Crippen molar-refractivity contribution in [3.05, 3.63) is 34.7 Å². The number of hydrogen-bond donors (Lipinski definition) is 1. The highest BCUT2D eigenvalue weighted by atomic mass is 16.1. The van der Waals surface area contributed by atoms with Crippen LogP contribution in [0.15, 0.2) is 29.2 Å². The van der Waals surface area contributed by atoms with Crippen LogP contribution < -0.4 is 11.0 Å². The summed E-state index contributed by atoms with van der Waals surface area (Å²) in [6.07, 6.45) is 5.66. The molecule has 2 heterocycles. The Morgan fingerprint density at radius 1 is 1.28 bits per heavy atom. The van der Waals surface area contributed by atoms with Crippen molar-refractivity contribution in [3.8, 4) is 0 Å². The number of rotatable bonds is 4. The van der Waals surface area contributed by atoms with Gasteiger partial charge in [-0.25, -0.2) is 5.01 Å². The molecule has 1 aromatic rings. The summed E-state index contributed by atoms with van der Waals surface area (Å²) < 4.78 is 1.74. The van der Waals surface area contributed by atoms with Crippen molar-refractivity contribution in [3.63, 3.8) is 0 Å². The van der Waals surface area contributed by atoms with Gasteiger partial charge in [0.15, 0.2) is 0 Å². The lowest BCUT2D eigenvalue weighted by Gasteiger charge is -2.39. The van der Waals surface area contributed by atoms with Gasteiger partial charge in [-0.1, -0.05) is 12.5 Å². The second-order valence-electron chi connectivity index (χ2n) is 5.18. The quantitative estimate of drug-likeness (QED) is 0.881. The molecule has 1 aliphatic heterocycles. The summed E-state index contributed by atoms with van der Waals surface area (Å²) in [6.45, 7) is 6.04. The molecule has 4 heteroatoms. The van der Waals surface area contributed by atoms with Crippen molar-refractivity contribution in [1.82, 2.24) is 15.0 Å². The van der Waals surface area contributed by atoms with E-state index in [4.69, 9.17) is 0 Å². The van der Waals surface area contributed by atoms with Crippen LogP contribution in [0.25, 0.3) is 0 Å². The molecule has 1 fully saturated rings. The van der Waals surface area contributed by atoms with Crippen LogP contribution in [0.4, 0.5) is 0 Å². The monoisotopic (exact) mass is 249 g/mol. The van der Waals surface area contributed by atoms with Crippen LogP contribution in [-0.2, 0) is 6.54 Å². The summed E-state index contributed by atoms with van der Waals surface area (Å²) in [4.78, 5) is 11.6. The molecule has 1 aromatic heterocycles. The molecule has 18 heavy (non-hydrogen) atoms. The number of hydrazine groups is 1. The fourth-order valence-electron chi connectivity index (χ4n) is 2.68. The minimum Gasteiger partial charge on any atom is -0.314 e. The van der Waals surface area contributed by atoms with E-state index < -0.39 is 0 Å². The Bertz CT molecular complexity index is 419. The average Bonchev–Trinajstić information content (AvgIpc) is 2.35. The molecule has 1 saturated heterocycles. The molecule has 2 rings (SSSR count). The van der Waals surface area contributed by atoms with Gasteiger partial charge in [0.2, 0.25) is 0 Å². The molecule has 4 nitrogen and oxygen atoms in total. The Labute approximate surface area is 109 Å². The van der Waals surface area contributed by atoms with Crippen LogP contribution >= 0.6 is 0 Å². The van der Waals surface area contributed by atoms with Crippen LogP contribution in [0.3, 0.4) is 0 Å². The van der Waals surface area contributed by atoms with Gasteiger partial charge < -0.3 is 4.57 Å². The lowest BCUT2D eigenvalue weighted by atomic mass is 10.00. The van der Waals surface area contributed by atoms with Crippen molar-refractivity contribution < 1.29 is 0 Å². The summed E-state index contributed by atoms with van der Waals surface area (Å²) in [6, 6.07) is 6.45. The first-order valence-corrected chi connectivity index (χ1v) is 6.86. The van der Waals surface area contributed by atoms with Gasteiger partial charge in [-0.05, 0) is 32.8 Å². The summed E-state index contributed by atoms with van der Waals surface area (Å²) >= 11 is 0. The standard InChI is InChI=1S/C14H23N3O/c1-12-6-5-7-13(2)17(12)15-9-11-16-10-4-3-8-14(16)18/h3-4,8,10,12-13,15H,5-7,9,11H2,1-2H3. The lowest BCUT2D eigenvalue weighted by molar-refractivity contribution is 0.0452. The number of pyridine rings is 1. The molecule has 1 N–H and O–H groups in total. The van der Waals surface area contributed by atoms with Crippen LogP contribution in [0, 0.1) is 0 Å². The predicted molar refractivity (Wildman–Crippen MR) is 73.3 cm³/mol. The zero-order valence-corrected chi connectivity index (χ0v) is 11.3. The second kappa shape index (κ2) is 6.16. The Morgan fingerprint density at radius 3 is 2.67 bits per heavy atom. The van der Waals surface area contributed by atoms with E-state index >= 15 is 0 Å². The van der Waals surface area contributed by atoms with Gasteiger partial charge in [0.25, 0.3) is 5.56 Å². The van der Waals surface area contributed by atoms with Gasteiger partial charge in [0, 0.05) is 37.4 Å². The second-order valence-corrected chi connectivity index (χ2v) is 5.18. The van der Waals surface area contributed by atoms with E-state index in [0.717, 1.165) is 13.1 Å². The molecule has 0 aromatic carbocycles. The third-order valence-corrected chi connectivity index (χ3v) is 3.74. The Kier molecular flexibility index (Phi) is 4.55. The normalized spacial score (nSPS) is 25.2. The third-order valence-electron chi connectivity index (χ3n) is 3.74. The first-order chi connectivity index (χ1) is 8.68. The summed E-state index contributed by atoms with van der Waals surface area (Å²) in [7, 11) is 0. The van der Waals surface area contributed by atoms with E-state index in [1.807, 2.05) is 12.3 Å². The van der Waals surface area contributed by atoms with E-state index in [9.17, 15) is 4.79 Å². The maximum Gasteiger partial charge on any atom is 0.250 e. The number of nitrogens with one attached hydrogen (secondary N) is 1. The maximum absolute atomic E-state index is 11.6. The van der Waals surface area contributed by atoms with Gasteiger partial charge in [-0.2, -0.15) is 0 Å². The SMILES string of the molecule is CC1CCCC(C)N1NCCn1ccccc1=O. The largest absolute Gasteiger partial charge is 0.314 e. The molecule has 2 atom stereocenters. The number of hydrogen-bond acceptors (Lipinski definition) is 3. The Morgan fingerprint density at radius 2 is 2.00 bits per heavy atom. The van der Waals surface area contributed by atoms with E-state index in [-0.39, 0.29) is 5.56 Å². The molecule has 100 valence electrons. The van der Waals surface area contributed by atoms with Gasteiger partial charge in [-0.3, -0.25) is 10.2 Å². The van der Waals surface area contributed by atoms with Gasteiger partial charge in [-0.15, -0.1) is 0 Å². The van der Waals surface area contributed by atoms with Crippen LogP contribution in [0.1, 0.15) is 33.1 Å². The molecule has 2 unspecified atom stereocenters. The fourth-order valence-corrected chi connectivity index (χ4v) is 2.68. The molecule has 0 aliphatic carbocycles. The molecule has 0 saturated carbocycles. The maximum atomic E-state index is 11.6. The predicted octanol–water partition coefficient (Wildman–Crippen LogP) is 1.62. The molecular weight excluding hydrogens is 226 g/mol.